The normalized spacial score (nSPS) is 17.2. The second-order valence-electron chi connectivity index (χ2n) is 6.82. The Hall–Kier alpha value is -2.77. The maximum absolute atomic E-state index is 12.0. The number of hydrogen-bond acceptors (Lipinski definition) is 5. The van der Waals surface area contributed by atoms with Crippen LogP contribution in [0.5, 0.6) is 5.75 Å². The van der Waals surface area contributed by atoms with E-state index in [0.29, 0.717) is 24.3 Å². The molecule has 0 radical (unpaired) electrons. The van der Waals surface area contributed by atoms with E-state index in [-0.39, 0.29) is 11.8 Å². The zero-order valence-corrected chi connectivity index (χ0v) is 16.9. The van der Waals surface area contributed by atoms with Crippen molar-refractivity contribution in [2.45, 2.75) is 32.7 Å². The monoisotopic (exact) mass is 390 g/mol. The molecular weight excluding hydrogens is 360 g/mol. The van der Waals surface area contributed by atoms with Crippen molar-refractivity contribution in [2.24, 2.45) is 16.6 Å². The van der Waals surface area contributed by atoms with Crippen LogP contribution in [-0.4, -0.2) is 56.6 Å². The minimum atomic E-state index is -0.445. The number of carbonyl (C=O) groups is 2. The average Bonchev–Trinajstić information content (AvgIpc) is 2.70. The van der Waals surface area contributed by atoms with Crippen LogP contribution in [0.15, 0.2) is 23.2 Å². The van der Waals surface area contributed by atoms with Crippen LogP contribution in [0, 0.1) is 5.92 Å². The number of methoxy groups -OCH3 is 2. The van der Waals surface area contributed by atoms with Crippen LogP contribution in [0.2, 0.25) is 0 Å². The maximum atomic E-state index is 12.0. The average molecular weight is 390 g/mol. The number of nitrogens with zero attached hydrogens (tertiary/aromatic N) is 2. The summed E-state index contributed by atoms with van der Waals surface area (Å²) in [4.78, 5) is 30.1. The van der Waals surface area contributed by atoms with Crippen LogP contribution < -0.4 is 15.8 Å². The lowest BCUT2D eigenvalue weighted by Gasteiger charge is -2.34. The third-order valence-corrected chi connectivity index (χ3v) is 4.72. The Balaban J connectivity index is 2.16. The Morgan fingerprint density at radius 1 is 1.36 bits per heavy atom. The van der Waals surface area contributed by atoms with Crippen LogP contribution in [-0.2, 0) is 16.1 Å². The van der Waals surface area contributed by atoms with Gasteiger partial charge in [0, 0.05) is 26.1 Å². The lowest BCUT2D eigenvalue weighted by Crippen LogP contribution is -2.47. The zero-order chi connectivity index (χ0) is 20.5. The number of aliphatic imine (C=N–C) groups is 1. The van der Waals surface area contributed by atoms with Crippen LogP contribution in [0.4, 0.5) is 0 Å². The van der Waals surface area contributed by atoms with Crippen molar-refractivity contribution in [3.05, 3.63) is 29.3 Å². The molecule has 1 aliphatic heterocycles. The third kappa shape index (κ3) is 5.87. The Bertz CT molecular complexity index is 720. The highest BCUT2D eigenvalue weighted by Crippen LogP contribution is 2.22. The van der Waals surface area contributed by atoms with Gasteiger partial charge in [0.2, 0.25) is 5.91 Å². The first kappa shape index (κ1) is 21.5. The summed E-state index contributed by atoms with van der Waals surface area (Å²) in [5.41, 5.74) is 6.61. The second-order valence-corrected chi connectivity index (χ2v) is 6.82. The number of benzene rings is 1. The highest BCUT2D eigenvalue weighted by Gasteiger charge is 2.23. The largest absolute Gasteiger partial charge is 0.496 e. The van der Waals surface area contributed by atoms with E-state index < -0.39 is 5.97 Å². The smallest absolute Gasteiger partial charge is 0.341 e. The molecule has 1 unspecified atom stereocenters. The number of esters is 1. The molecule has 154 valence electrons. The van der Waals surface area contributed by atoms with E-state index in [1.807, 2.05) is 13.0 Å². The van der Waals surface area contributed by atoms with E-state index in [1.165, 1.54) is 14.2 Å². The molecule has 1 aromatic rings. The van der Waals surface area contributed by atoms with Crippen LogP contribution in [0.3, 0.4) is 0 Å². The number of ether oxygens (including phenoxy) is 2. The van der Waals surface area contributed by atoms with E-state index in [1.54, 1.807) is 12.1 Å². The Labute approximate surface area is 166 Å². The summed E-state index contributed by atoms with van der Waals surface area (Å²) in [5.74, 6) is 0.813. The van der Waals surface area contributed by atoms with Gasteiger partial charge in [0.25, 0.3) is 0 Å². The first-order chi connectivity index (χ1) is 13.5. The number of likely N-dealkylation sites (tertiary alicyclic amines) is 1. The van der Waals surface area contributed by atoms with Crippen molar-refractivity contribution in [1.29, 1.82) is 0 Å². The molecule has 1 saturated heterocycles. The van der Waals surface area contributed by atoms with Gasteiger partial charge in [-0.05, 0) is 43.4 Å². The Morgan fingerprint density at radius 2 is 2.14 bits per heavy atom. The van der Waals surface area contributed by atoms with Gasteiger partial charge in [-0.25, -0.2) is 9.79 Å². The van der Waals surface area contributed by atoms with Gasteiger partial charge in [-0.2, -0.15) is 0 Å². The highest BCUT2D eigenvalue weighted by molar-refractivity contribution is 5.92. The second kappa shape index (κ2) is 10.5. The van der Waals surface area contributed by atoms with E-state index in [4.69, 9.17) is 20.2 Å². The molecule has 1 amide bonds. The van der Waals surface area contributed by atoms with Crippen molar-refractivity contribution in [3.63, 3.8) is 0 Å². The van der Waals surface area contributed by atoms with E-state index in [2.05, 4.69) is 10.2 Å². The van der Waals surface area contributed by atoms with E-state index in [9.17, 15) is 9.59 Å². The van der Waals surface area contributed by atoms with Crippen molar-refractivity contribution in [1.82, 2.24) is 10.2 Å². The van der Waals surface area contributed by atoms with Crippen molar-refractivity contribution < 1.29 is 19.1 Å². The molecule has 1 atom stereocenters. The molecular formula is C20H30N4O4. The number of guanidine groups is 1. The highest BCUT2D eigenvalue weighted by atomic mass is 16.5. The number of nitrogens with two attached hydrogens (primary N) is 1. The quantitative estimate of drug-likeness (QED) is 0.415. The molecule has 1 aromatic carbocycles. The van der Waals surface area contributed by atoms with E-state index in [0.717, 1.165) is 44.0 Å². The SMILES string of the molecule is CCNC(=NCc1ccc(OC)c(C(=O)OC)c1)N1CCCC(CC(N)=O)C1. The van der Waals surface area contributed by atoms with Crippen molar-refractivity contribution in [2.75, 3.05) is 33.9 Å². The van der Waals surface area contributed by atoms with Gasteiger partial charge >= 0.3 is 5.97 Å². The summed E-state index contributed by atoms with van der Waals surface area (Å²) in [6, 6.07) is 5.36. The zero-order valence-electron chi connectivity index (χ0n) is 16.9. The first-order valence-electron chi connectivity index (χ1n) is 9.55. The Morgan fingerprint density at radius 3 is 2.79 bits per heavy atom. The third-order valence-electron chi connectivity index (χ3n) is 4.72. The number of nitrogens with one attached hydrogen (secondary N) is 1. The molecule has 0 bridgehead atoms. The lowest BCUT2D eigenvalue weighted by atomic mass is 9.95. The number of carbonyl (C=O) groups excluding carboxylic acids is 2. The molecule has 0 aliphatic carbocycles. The molecule has 8 nitrogen and oxygen atoms in total. The van der Waals surface area contributed by atoms with Gasteiger partial charge in [0.1, 0.15) is 11.3 Å². The van der Waals surface area contributed by atoms with E-state index >= 15 is 0 Å². The minimum Gasteiger partial charge on any atom is -0.496 e. The van der Waals surface area contributed by atoms with Gasteiger partial charge in [0.05, 0.1) is 20.8 Å². The van der Waals surface area contributed by atoms with Gasteiger partial charge in [-0.3, -0.25) is 4.79 Å². The Kier molecular flexibility index (Phi) is 8.10. The fourth-order valence-electron chi connectivity index (χ4n) is 3.42. The lowest BCUT2D eigenvalue weighted by molar-refractivity contribution is -0.119. The molecule has 0 aromatic heterocycles. The predicted molar refractivity (Wildman–Crippen MR) is 107 cm³/mol. The molecule has 28 heavy (non-hydrogen) atoms. The standard InChI is InChI=1S/C20H30N4O4/c1-4-22-20(24-9-5-6-15(13-24)11-18(21)25)23-12-14-7-8-17(27-2)16(10-14)19(26)28-3/h7-8,10,15H,4-6,9,11-13H2,1-3H3,(H2,21,25)(H,22,23). The van der Waals surface area contributed by atoms with Gasteiger partial charge < -0.3 is 25.4 Å². The van der Waals surface area contributed by atoms with Gasteiger partial charge in [0.15, 0.2) is 5.96 Å². The van der Waals surface area contributed by atoms with Crippen LogP contribution in [0.1, 0.15) is 42.1 Å². The van der Waals surface area contributed by atoms with Gasteiger partial charge in [-0.15, -0.1) is 0 Å². The number of primary amides is 1. The molecule has 3 N–H and O–H groups in total. The minimum absolute atomic E-state index is 0.252. The molecule has 1 aliphatic rings. The molecule has 0 saturated carbocycles. The molecule has 8 heteroatoms. The van der Waals surface area contributed by atoms with Crippen molar-refractivity contribution >= 4 is 17.8 Å². The molecule has 2 rings (SSSR count). The van der Waals surface area contributed by atoms with Crippen molar-refractivity contribution in [3.8, 4) is 5.75 Å². The predicted octanol–water partition coefficient (Wildman–Crippen LogP) is 1.53. The molecule has 1 fully saturated rings. The van der Waals surface area contributed by atoms with Gasteiger partial charge in [-0.1, -0.05) is 6.07 Å². The summed E-state index contributed by atoms with van der Waals surface area (Å²) in [7, 11) is 2.86. The topological polar surface area (TPSA) is 106 Å². The summed E-state index contributed by atoms with van der Waals surface area (Å²) >= 11 is 0. The molecule has 0 spiro atoms. The fraction of sp³-hybridized carbons (Fsp3) is 0.550. The summed E-state index contributed by atoms with van der Waals surface area (Å²) in [6.07, 6.45) is 2.40. The molecule has 1 heterocycles. The number of amides is 1. The van der Waals surface area contributed by atoms with Crippen LogP contribution in [0.25, 0.3) is 0 Å². The fourth-order valence-corrected chi connectivity index (χ4v) is 3.42. The maximum Gasteiger partial charge on any atom is 0.341 e. The summed E-state index contributed by atoms with van der Waals surface area (Å²) in [5, 5.41) is 3.31. The summed E-state index contributed by atoms with van der Waals surface area (Å²) < 4.78 is 10.1. The summed E-state index contributed by atoms with van der Waals surface area (Å²) in [6.45, 7) is 4.81. The number of piperidine rings is 1. The number of hydrogen-bond donors (Lipinski definition) is 2. The first-order valence-corrected chi connectivity index (χ1v) is 9.55. The number of rotatable bonds is 7. The van der Waals surface area contributed by atoms with Crippen LogP contribution >= 0.6 is 0 Å².